The predicted octanol–water partition coefficient (Wildman–Crippen LogP) is 3.88. The highest BCUT2D eigenvalue weighted by Crippen LogP contribution is 2.15. The van der Waals surface area contributed by atoms with Gasteiger partial charge < -0.3 is 10.1 Å². The van der Waals surface area contributed by atoms with E-state index in [9.17, 15) is 13.6 Å². The minimum Gasteiger partial charge on any atom is -0.435 e. The molecule has 0 aliphatic heterocycles. The number of carbonyl (C=O) groups is 1. The van der Waals surface area contributed by atoms with Crippen LogP contribution in [0.2, 0.25) is 0 Å². The smallest absolute Gasteiger partial charge is 0.387 e. The number of nitrogens with one attached hydrogen (secondary N) is 1. The summed E-state index contributed by atoms with van der Waals surface area (Å²) in [5, 5.41) is 2.86. The topological polar surface area (TPSA) is 38.3 Å². The summed E-state index contributed by atoms with van der Waals surface area (Å²) in [6.45, 7) is 1.55. The molecule has 1 amide bonds. The van der Waals surface area contributed by atoms with Crippen molar-refractivity contribution in [2.24, 2.45) is 0 Å². The standard InChI is InChI=1S/C18H19F2NO2/c1-12-9-13(2)11-15(10-12)17(22)21-8-7-14-3-5-16(6-4-14)23-18(19)20/h3-6,9-11,18H,7-8H2,1-2H3,(H,21,22). The van der Waals surface area contributed by atoms with E-state index in [-0.39, 0.29) is 11.7 Å². The van der Waals surface area contributed by atoms with Gasteiger partial charge in [0, 0.05) is 12.1 Å². The first-order chi connectivity index (χ1) is 10.9. The summed E-state index contributed by atoms with van der Waals surface area (Å²) in [4.78, 5) is 12.1. The number of carbonyl (C=O) groups excluding carboxylic acids is 1. The van der Waals surface area contributed by atoms with Crippen LogP contribution < -0.4 is 10.1 Å². The van der Waals surface area contributed by atoms with Crippen LogP contribution in [0, 0.1) is 13.8 Å². The Labute approximate surface area is 134 Å². The van der Waals surface area contributed by atoms with Crippen molar-refractivity contribution in [3.8, 4) is 5.75 Å². The van der Waals surface area contributed by atoms with E-state index in [1.807, 2.05) is 32.0 Å². The molecule has 0 atom stereocenters. The maximum atomic E-state index is 12.1. The minimum absolute atomic E-state index is 0.116. The molecule has 0 fully saturated rings. The largest absolute Gasteiger partial charge is 0.435 e. The number of halogens is 2. The third-order valence-corrected chi connectivity index (χ3v) is 3.33. The van der Waals surface area contributed by atoms with Gasteiger partial charge in [0.05, 0.1) is 0 Å². The van der Waals surface area contributed by atoms with E-state index < -0.39 is 6.61 Å². The molecule has 0 spiro atoms. The van der Waals surface area contributed by atoms with E-state index in [1.165, 1.54) is 12.1 Å². The number of benzene rings is 2. The van der Waals surface area contributed by atoms with Crippen LogP contribution in [-0.2, 0) is 6.42 Å². The van der Waals surface area contributed by atoms with E-state index in [2.05, 4.69) is 10.1 Å². The van der Waals surface area contributed by atoms with Gasteiger partial charge in [-0.3, -0.25) is 4.79 Å². The van der Waals surface area contributed by atoms with E-state index in [1.54, 1.807) is 12.1 Å². The van der Waals surface area contributed by atoms with Gasteiger partial charge in [-0.05, 0) is 50.1 Å². The maximum Gasteiger partial charge on any atom is 0.387 e. The average molecular weight is 319 g/mol. The van der Waals surface area contributed by atoms with E-state index in [0.717, 1.165) is 16.7 Å². The van der Waals surface area contributed by atoms with Crippen molar-refractivity contribution in [3.05, 3.63) is 64.7 Å². The molecule has 3 nitrogen and oxygen atoms in total. The summed E-state index contributed by atoms with van der Waals surface area (Å²) in [6, 6.07) is 12.1. The lowest BCUT2D eigenvalue weighted by molar-refractivity contribution is -0.0498. The summed E-state index contributed by atoms with van der Waals surface area (Å²) >= 11 is 0. The Morgan fingerprint density at radius 2 is 1.70 bits per heavy atom. The molecule has 0 unspecified atom stereocenters. The van der Waals surface area contributed by atoms with Crippen LogP contribution in [0.3, 0.4) is 0 Å². The fourth-order valence-corrected chi connectivity index (χ4v) is 2.37. The Bertz CT molecular complexity index is 649. The van der Waals surface area contributed by atoms with Crippen LogP contribution >= 0.6 is 0 Å². The molecule has 122 valence electrons. The molecule has 0 aliphatic rings. The molecule has 0 aromatic heterocycles. The summed E-state index contributed by atoms with van der Waals surface area (Å²) in [7, 11) is 0. The number of hydrogen-bond donors (Lipinski definition) is 1. The third-order valence-electron chi connectivity index (χ3n) is 3.33. The predicted molar refractivity (Wildman–Crippen MR) is 85.0 cm³/mol. The zero-order valence-corrected chi connectivity index (χ0v) is 13.1. The van der Waals surface area contributed by atoms with Gasteiger partial charge in [-0.25, -0.2) is 0 Å². The number of aryl methyl sites for hydroxylation is 2. The van der Waals surface area contributed by atoms with Crippen molar-refractivity contribution < 1.29 is 18.3 Å². The monoisotopic (exact) mass is 319 g/mol. The van der Waals surface area contributed by atoms with Gasteiger partial charge in [0.1, 0.15) is 5.75 Å². The molecular weight excluding hydrogens is 300 g/mol. The van der Waals surface area contributed by atoms with E-state index >= 15 is 0 Å². The lowest BCUT2D eigenvalue weighted by Gasteiger charge is -2.08. The Morgan fingerprint density at radius 3 is 2.26 bits per heavy atom. The molecule has 0 bridgehead atoms. The molecule has 2 aromatic rings. The zero-order chi connectivity index (χ0) is 16.8. The van der Waals surface area contributed by atoms with Gasteiger partial charge in [-0.15, -0.1) is 0 Å². The van der Waals surface area contributed by atoms with Gasteiger partial charge in [0.15, 0.2) is 0 Å². The molecule has 2 rings (SSSR count). The normalized spacial score (nSPS) is 10.7. The fraction of sp³-hybridized carbons (Fsp3) is 0.278. The van der Waals surface area contributed by atoms with Crippen molar-refractivity contribution >= 4 is 5.91 Å². The van der Waals surface area contributed by atoms with Crippen molar-refractivity contribution in [2.45, 2.75) is 26.9 Å². The Balaban J connectivity index is 1.85. The Morgan fingerprint density at radius 1 is 1.09 bits per heavy atom. The Kier molecular flexibility index (Phi) is 5.68. The van der Waals surface area contributed by atoms with Crippen LogP contribution in [0.4, 0.5) is 8.78 Å². The molecular formula is C18H19F2NO2. The van der Waals surface area contributed by atoms with Crippen molar-refractivity contribution in [2.75, 3.05) is 6.54 Å². The van der Waals surface area contributed by atoms with Gasteiger partial charge >= 0.3 is 6.61 Å². The first-order valence-corrected chi connectivity index (χ1v) is 7.34. The summed E-state index contributed by atoms with van der Waals surface area (Å²) in [6.07, 6.45) is 0.617. The number of amides is 1. The van der Waals surface area contributed by atoms with Gasteiger partial charge in [-0.2, -0.15) is 8.78 Å². The lowest BCUT2D eigenvalue weighted by atomic mass is 10.1. The van der Waals surface area contributed by atoms with Crippen molar-refractivity contribution in [1.82, 2.24) is 5.32 Å². The van der Waals surface area contributed by atoms with Crippen LogP contribution in [-0.4, -0.2) is 19.1 Å². The first-order valence-electron chi connectivity index (χ1n) is 7.34. The quantitative estimate of drug-likeness (QED) is 0.877. The van der Waals surface area contributed by atoms with Gasteiger partial charge in [0.25, 0.3) is 5.91 Å². The molecule has 0 saturated carbocycles. The molecule has 23 heavy (non-hydrogen) atoms. The molecule has 5 heteroatoms. The molecule has 0 heterocycles. The van der Waals surface area contributed by atoms with Crippen LogP contribution in [0.1, 0.15) is 27.0 Å². The van der Waals surface area contributed by atoms with Crippen LogP contribution in [0.5, 0.6) is 5.75 Å². The van der Waals surface area contributed by atoms with Crippen molar-refractivity contribution in [1.29, 1.82) is 0 Å². The first kappa shape index (κ1) is 16.9. The third kappa shape index (κ3) is 5.36. The second-order valence-corrected chi connectivity index (χ2v) is 5.40. The van der Waals surface area contributed by atoms with E-state index in [0.29, 0.717) is 18.5 Å². The number of rotatable bonds is 6. The molecule has 2 aromatic carbocycles. The second-order valence-electron chi connectivity index (χ2n) is 5.40. The minimum atomic E-state index is -2.82. The second kappa shape index (κ2) is 7.72. The van der Waals surface area contributed by atoms with Crippen LogP contribution in [0.25, 0.3) is 0 Å². The average Bonchev–Trinajstić information content (AvgIpc) is 2.47. The number of alkyl halides is 2. The Hall–Kier alpha value is -2.43. The van der Waals surface area contributed by atoms with E-state index in [4.69, 9.17) is 0 Å². The number of hydrogen-bond acceptors (Lipinski definition) is 2. The highest BCUT2D eigenvalue weighted by Gasteiger charge is 2.07. The van der Waals surface area contributed by atoms with Crippen molar-refractivity contribution in [3.63, 3.8) is 0 Å². The van der Waals surface area contributed by atoms with Crippen LogP contribution in [0.15, 0.2) is 42.5 Å². The number of ether oxygens (including phenoxy) is 1. The SMILES string of the molecule is Cc1cc(C)cc(C(=O)NCCc2ccc(OC(F)F)cc2)c1. The molecule has 0 radical (unpaired) electrons. The molecule has 0 aliphatic carbocycles. The zero-order valence-electron chi connectivity index (χ0n) is 13.1. The highest BCUT2D eigenvalue weighted by molar-refractivity contribution is 5.94. The lowest BCUT2D eigenvalue weighted by Crippen LogP contribution is -2.25. The fourth-order valence-electron chi connectivity index (χ4n) is 2.37. The summed E-state index contributed by atoms with van der Waals surface area (Å²) < 4.78 is 28.4. The summed E-state index contributed by atoms with van der Waals surface area (Å²) in [5.74, 6) is 0.0116. The molecule has 0 saturated heterocycles. The van der Waals surface area contributed by atoms with Gasteiger partial charge in [-0.1, -0.05) is 29.3 Å². The van der Waals surface area contributed by atoms with Gasteiger partial charge in [0.2, 0.25) is 0 Å². The summed E-state index contributed by atoms with van der Waals surface area (Å²) in [5.41, 5.74) is 3.67. The highest BCUT2D eigenvalue weighted by atomic mass is 19.3. The molecule has 1 N–H and O–H groups in total. The maximum absolute atomic E-state index is 12.1.